The largest absolute Gasteiger partial charge is 0.293 e. The Kier molecular flexibility index (Phi) is 3.38. The minimum atomic E-state index is 0.778. The van der Waals surface area contributed by atoms with Crippen molar-refractivity contribution in [3.05, 3.63) is 51.3 Å². The van der Waals surface area contributed by atoms with Crippen LogP contribution in [0.3, 0.4) is 0 Å². The highest BCUT2D eigenvalue weighted by Crippen LogP contribution is 2.42. The van der Waals surface area contributed by atoms with Crippen molar-refractivity contribution < 1.29 is 0 Å². The quantitative estimate of drug-likeness (QED) is 0.847. The smallest absolute Gasteiger partial charge is 0.0555 e. The Hall–Kier alpha value is -1.13. The molecule has 0 unspecified atom stereocenters. The minimum Gasteiger partial charge on any atom is -0.293 e. The van der Waals surface area contributed by atoms with Gasteiger partial charge in [-0.25, -0.2) is 0 Å². The molecule has 0 N–H and O–H groups in total. The summed E-state index contributed by atoms with van der Waals surface area (Å²) in [6.07, 6.45) is 5.90. The summed E-state index contributed by atoms with van der Waals surface area (Å²) < 4.78 is 3.34. The molecule has 0 amide bonds. The van der Waals surface area contributed by atoms with Crippen LogP contribution in [0.4, 0.5) is 0 Å². The van der Waals surface area contributed by atoms with E-state index in [0.717, 1.165) is 32.0 Å². The molecule has 0 saturated heterocycles. The van der Waals surface area contributed by atoms with Crippen LogP contribution >= 0.6 is 15.9 Å². The second-order valence-corrected chi connectivity index (χ2v) is 7.14. The fraction of sp³-hybridized carbons (Fsp3) is 0.471. The summed E-state index contributed by atoms with van der Waals surface area (Å²) in [6.45, 7) is 3.20. The first-order chi connectivity index (χ1) is 10.2. The molecule has 2 aliphatic rings. The Morgan fingerprint density at radius 2 is 2.19 bits per heavy atom. The standard InChI is InChI=1S/C17H20BrN3/c1-20-17(15(9-19-20)12-5-6-12)11-21-8-7-14-13(10-21)3-2-4-16(14)18/h2-4,9,12H,5-8,10-11H2,1H3. The number of aromatic nitrogens is 2. The van der Waals surface area contributed by atoms with E-state index in [9.17, 15) is 0 Å². The van der Waals surface area contributed by atoms with Gasteiger partial charge in [0.25, 0.3) is 0 Å². The van der Waals surface area contributed by atoms with Gasteiger partial charge in [-0.3, -0.25) is 9.58 Å². The zero-order valence-corrected chi connectivity index (χ0v) is 13.9. The van der Waals surface area contributed by atoms with E-state index >= 15 is 0 Å². The van der Waals surface area contributed by atoms with E-state index in [1.165, 1.54) is 39.7 Å². The van der Waals surface area contributed by atoms with Crippen molar-refractivity contribution in [1.82, 2.24) is 14.7 Å². The maximum absolute atomic E-state index is 4.48. The Morgan fingerprint density at radius 1 is 1.33 bits per heavy atom. The number of nitrogens with zero attached hydrogens (tertiary/aromatic N) is 3. The number of hydrogen-bond acceptors (Lipinski definition) is 2. The van der Waals surface area contributed by atoms with Crippen molar-refractivity contribution in [2.45, 2.75) is 38.3 Å². The average molecular weight is 346 g/mol. The summed E-state index contributed by atoms with van der Waals surface area (Å²) in [4.78, 5) is 2.55. The summed E-state index contributed by atoms with van der Waals surface area (Å²) in [7, 11) is 2.08. The summed E-state index contributed by atoms with van der Waals surface area (Å²) in [6, 6.07) is 6.56. The molecule has 110 valence electrons. The van der Waals surface area contributed by atoms with Gasteiger partial charge in [0, 0.05) is 31.2 Å². The van der Waals surface area contributed by atoms with Gasteiger partial charge in [-0.2, -0.15) is 5.10 Å². The molecule has 2 aromatic rings. The monoisotopic (exact) mass is 345 g/mol. The molecule has 1 saturated carbocycles. The predicted molar refractivity (Wildman–Crippen MR) is 87.1 cm³/mol. The van der Waals surface area contributed by atoms with Crippen molar-refractivity contribution in [2.24, 2.45) is 7.05 Å². The topological polar surface area (TPSA) is 21.1 Å². The first-order valence-corrected chi connectivity index (χ1v) is 8.51. The van der Waals surface area contributed by atoms with Gasteiger partial charge in [0.2, 0.25) is 0 Å². The lowest BCUT2D eigenvalue weighted by atomic mass is 9.99. The first kappa shape index (κ1) is 13.5. The van der Waals surface area contributed by atoms with Crippen LogP contribution in [0.1, 0.15) is 41.1 Å². The number of halogens is 1. The number of hydrogen-bond donors (Lipinski definition) is 0. The van der Waals surface area contributed by atoms with Crippen LogP contribution < -0.4 is 0 Å². The molecule has 1 aromatic carbocycles. The van der Waals surface area contributed by atoms with Gasteiger partial charge in [0.05, 0.1) is 11.9 Å². The maximum atomic E-state index is 4.48. The second kappa shape index (κ2) is 5.25. The SMILES string of the molecule is Cn1ncc(C2CC2)c1CN1CCc2c(Br)cccc2C1. The summed E-state index contributed by atoms with van der Waals surface area (Å²) in [5.41, 5.74) is 5.85. The Labute approximate surface area is 134 Å². The zero-order chi connectivity index (χ0) is 14.4. The zero-order valence-electron chi connectivity index (χ0n) is 12.3. The molecule has 4 rings (SSSR count). The van der Waals surface area contributed by atoms with Gasteiger partial charge >= 0.3 is 0 Å². The lowest BCUT2D eigenvalue weighted by Gasteiger charge is -2.29. The first-order valence-electron chi connectivity index (χ1n) is 7.72. The van der Waals surface area contributed by atoms with Gasteiger partial charge < -0.3 is 0 Å². The highest BCUT2D eigenvalue weighted by molar-refractivity contribution is 9.10. The fourth-order valence-corrected chi connectivity index (χ4v) is 3.98. The third-order valence-corrected chi connectivity index (χ3v) is 5.52. The molecule has 2 heterocycles. The van der Waals surface area contributed by atoms with Crippen LogP contribution in [-0.4, -0.2) is 21.2 Å². The number of benzene rings is 1. The third kappa shape index (κ3) is 2.55. The van der Waals surface area contributed by atoms with Crippen LogP contribution in [0.15, 0.2) is 28.9 Å². The highest BCUT2D eigenvalue weighted by Gasteiger charge is 2.29. The predicted octanol–water partition coefficient (Wildman–Crippen LogP) is 3.62. The van der Waals surface area contributed by atoms with Crippen molar-refractivity contribution in [3.8, 4) is 0 Å². The van der Waals surface area contributed by atoms with E-state index in [2.05, 4.69) is 62.1 Å². The van der Waals surface area contributed by atoms with Gasteiger partial charge in [0.1, 0.15) is 0 Å². The second-order valence-electron chi connectivity index (χ2n) is 6.28. The van der Waals surface area contributed by atoms with E-state index in [0.29, 0.717) is 0 Å². The molecule has 21 heavy (non-hydrogen) atoms. The molecular weight excluding hydrogens is 326 g/mol. The van der Waals surface area contributed by atoms with Crippen LogP contribution in [-0.2, 0) is 26.6 Å². The van der Waals surface area contributed by atoms with Crippen molar-refractivity contribution in [3.63, 3.8) is 0 Å². The van der Waals surface area contributed by atoms with Crippen molar-refractivity contribution >= 4 is 15.9 Å². The van der Waals surface area contributed by atoms with Gasteiger partial charge in [-0.1, -0.05) is 28.1 Å². The van der Waals surface area contributed by atoms with Crippen molar-refractivity contribution in [1.29, 1.82) is 0 Å². The Balaban J connectivity index is 1.55. The normalized spacial score (nSPS) is 18.8. The molecule has 0 atom stereocenters. The van der Waals surface area contributed by atoms with Crippen molar-refractivity contribution in [2.75, 3.05) is 6.54 Å². The van der Waals surface area contributed by atoms with E-state index in [1.807, 2.05) is 0 Å². The van der Waals surface area contributed by atoms with E-state index in [4.69, 9.17) is 0 Å². The fourth-order valence-electron chi connectivity index (χ4n) is 3.38. The molecule has 1 aliphatic heterocycles. The van der Waals surface area contributed by atoms with Gasteiger partial charge in [-0.15, -0.1) is 0 Å². The molecule has 1 aliphatic carbocycles. The van der Waals surface area contributed by atoms with Crippen LogP contribution in [0.5, 0.6) is 0 Å². The molecule has 1 aromatic heterocycles. The Bertz CT molecular complexity index is 673. The lowest BCUT2D eigenvalue weighted by molar-refractivity contribution is 0.238. The molecule has 0 spiro atoms. The number of fused-ring (bicyclic) bond motifs is 1. The molecule has 0 radical (unpaired) electrons. The van der Waals surface area contributed by atoms with Crippen LogP contribution in [0.25, 0.3) is 0 Å². The highest BCUT2D eigenvalue weighted by atomic mass is 79.9. The molecule has 1 fully saturated rings. The molecule has 0 bridgehead atoms. The van der Waals surface area contributed by atoms with E-state index < -0.39 is 0 Å². The molecular formula is C17H20BrN3. The maximum Gasteiger partial charge on any atom is 0.0555 e. The lowest BCUT2D eigenvalue weighted by Crippen LogP contribution is -2.31. The number of aryl methyl sites for hydroxylation is 1. The van der Waals surface area contributed by atoms with Gasteiger partial charge in [0.15, 0.2) is 0 Å². The number of rotatable bonds is 3. The van der Waals surface area contributed by atoms with Crippen LogP contribution in [0.2, 0.25) is 0 Å². The van der Waals surface area contributed by atoms with E-state index in [1.54, 1.807) is 0 Å². The van der Waals surface area contributed by atoms with Gasteiger partial charge in [-0.05, 0) is 47.9 Å². The minimum absolute atomic E-state index is 0.778. The molecule has 4 heteroatoms. The summed E-state index contributed by atoms with van der Waals surface area (Å²) in [5.74, 6) is 0.778. The Morgan fingerprint density at radius 3 is 3.00 bits per heavy atom. The van der Waals surface area contributed by atoms with E-state index in [-0.39, 0.29) is 0 Å². The third-order valence-electron chi connectivity index (χ3n) is 4.77. The summed E-state index contributed by atoms with van der Waals surface area (Å²) >= 11 is 3.68. The summed E-state index contributed by atoms with van der Waals surface area (Å²) in [5, 5.41) is 4.48. The van der Waals surface area contributed by atoms with Crippen LogP contribution in [0, 0.1) is 0 Å². The average Bonchev–Trinajstić information content (AvgIpc) is 3.26. The molecule has 3 nitrogen and oxygen atoms in total.